The van der Waals surface area contributed by atoms with Crippen LogP contribution in [-0.4, -0.2) is 18.6 Å². The molecule has 0 radical (unpaired) electrons. The molecule has 3 nitrogen and oxygen atoms in total. The number of nitrogens with zero attached hydrogens (tertiary/aromatic N) is 1. The molecule has 0 aliphatic carbocycles. The summed E-state index contributed by atoms with van der Waals surface area (Å²) in [4.78, 5) is 24.5. The number of aldehydes is 1. The Bertz CT molecular complexity index is 666. The SMILES string of the molecule is O=CC(=O)C1CN(c2ccc(F)cc2)c2ccccc21. The first-order valence-corrected chi connectivity index (χ1v) is 6.32. The maximum absolute atomic E-state index is 13.0. The van der Waals surface area contributed by atoms with Gasteiger partial charge < -0.3 is 4.90 Å². The minimum absolute atomic E-state index is 0.304. The molecule has 100 valence electrons. The van der Waals surface area contributed by atoms with Crippen LogP contribution in [0.15, 0.2) is 48.5 Å². The number of rotatable bonds is 3. The van der Waals surface area contributed by atoms with Gasteiger partial charge in [-0.25, -0.2) is 4.39 Å². The molecule has 1 aliphatic heterocycles. The van der Waals surface area contributed by atoms with Crippen LogP contribution in [0.25, 0.3) is 0 Å². The number of Topliss-reactive ketones (excluding diaryl/α,β-unsaturated/α-hetero) is 1. The number of fused-ring (bicyclic) bond motifs is 1. The predicted octanol–water partition coefficient (Wildman–Crippen LogP) is 2.83. The Morgan fingerprint density at radius 2 is 1.85 bits per heavy atom. The van der Waals surface area contributed by atoms with E-state index in [1.807, 2.05) is 29.2 Å². The Kier molecular flexibility index (Phi) is 3.06. The fourth-order valence-electron chi connectivity index (χ4n) is 2.60. The molecular formula is C16H12FNO2. The Morgan fingerprint density at radius 3 is 2.55 bits per heavy atom. The van der Waals surface area contributed by atoms with E-state index in [4.69, 9.17) is 0 Å². The summed E-state index contributed by atoms with van der Waals surface area (Å²) < 4.78 is 13.0. The van der Waals surface area contributed by atoms with Crippen molar-refractivity contribution in [2.24, 2.45) is 0 Å². The third-order valence-electron chi connectivity index (χ3n) is 3.57. The molecule has 0 fully saturated rings. The van der Waals surface area contributed by atoms with Crippen LogP contribution >= 0.6 is 0 Å². The number of halogens is 1. The predicted molar refractivity (Wildman–Crippen MR) is 73.7 cm³/mol. The van der Waals surface area contributed by atoms with Gasteiger partial charge >= 0.3 is 0 Å². The van der Waals surface area contributed by atoms with Gasteiger partial charge in [-0.3, -0.25) is 9.59 Å². The van der Waals surface area contributed by atoms with Crippen LogP contribution < -0.4 is 4.90 Å². The Balaban J connectivity index is 2.04. The molecule has 3 rings (SSSR count). The van der Waals surface area contributed by atoms with Crippen molar-refractivity contribution in [3.63, 3.8) is 0 Å². The second kappa shape index (κ2) is 4.89. The molecule has 0 saturated carbocycles. The van der Waals surface area contributed by atoms with Gasteiger partial charge in [0, 0.05) is 17.9 Å². The van der Waals surface area contributed by atoms with Crippen LogP contribution in [0, 0.1) is 5.82 Å². The molecule has 0 aromatic heterocycles. The standard InChI is InChI=1S/C16H12FNO2/c17-11-5-7-12(8-6-11)18-9-14(16(20)10-19)13-3-1-2-4-15(13)18/h1-8,10,14H,9H2. The number of para-hydroxylation sites is 1. The van der Waals surface area contributed by atoms with E-state index in [1.54, 1.807) is 12.1 Å². The average molecular weight is 269 g/mol. The van der Waals surface area contributed by atoms with Gasteiger partial charge in [0.05, 0.1) is 5.92 Å². The highest BCUT2D eigenvalue weighted by molar-refractivity contribution is 6.28. The number of carbonyl (C=O) groups excluding carboxylic acids is 2. The van der Waals surface area contributed by atoms with Crippen LogP contribution in [0.5, 0.6) is 0 Å². The Hall–Kier alpha value is -2.49. The fraction of sp³-hybridized carbons (Fsp3) is 0.125. The summed E-state index contributed by atoms with van der Waals surface area (Å²) in [6, 6.07) is 13.6. The van der Waals surface area contributed by atoms with Gasteiger partial charge in [0.1, 0.15) is 5.82 Å². The first-order valence-electron chi connectivity index (χ1n) is 6.32. The highest BCUT2D eigenvalue weighted by atomic mass is 19.1. The highest BCUT2D eigenvalue weighted by Crippen LogP contribution is 2.40. The monoisotopic (exact) mass is 269 g/mol. The number of hydrogen-bond acceptors (Lipinski definition) is 3. The van der Waals surface area contributed by atoms with Crippen LogP contribution in [0.2, 0.25) is 0 Å². The van der Waals surface area contributed by atoms with E-state index in [1.165, 1.54) is 12.1 Å². The molecule has 1 atom stereocenters. The minimum Gasteiger partial charge on any atom is -0.340 e. The second-order valence-electron chi connectivity index (χ2n) is 4.72. The normalized spacial score (nSPS) is 16.9. The van der Waals surface area contributed by atoms with E-state index >= 15 is 0 Å². The topological polar surface area (TPSA) is 37.4 Å². The molecule has 2 aromatic rings. The van der Waals surface area contributed by atoms with Crippen molar-refractivity contribution in [3.05, 3.63) is 59.9 Å². The van der Waals surface area contributed by atoms with Crippen LogP contribution in [0.3, 0.4) is 0 Å². The molecule has 0 amide bonds. The van der Waals surface area contributed by atoms with Crippen LogP contribution in [0.4, 0.5) is 15.8 Å². The third kappa shape index (κ3) is 1.99. The lowest BCUT2D eigenvalue weighted by Gasteiger charge is -2.19. The zero-order valence-electron chi connectivity index (χ0n) is 10.6. The lowest BCUT2D eigenvalue weighted by Crippen LogP contribution is -2.21. The van der Waals surface area contributed by atoms with Gasteiger partial charge in [0.2, 0.25) is 5.78 Å². The minimum atomic E-state index is -0.450. The first-order chi connectivity index (χ1) is 9.70. The van der Waals surface area contributed by atoms with Gasteiger partial charge in [-0.05, 0) is 35.9 Å². The molecule has 20 heavy (non-hydrogen) atoms. The van der Waals surface area contributed by atoms with E-state index in [0.29, 0.717) is 12.8 Å². The molecule has 4 heteroatoms. The quantitative estimate of drug-likeness (QED) is 0.635. The molecule has 1 heterocycles. The maximum atomic E-state index is 13.0. The van der Waals surface area contributed by atoms with Crippen molar-refractivity contribution in [2.45, 2.75) is 5.92 Å². The van der Waals surface area contributed by atoms with Crippen molar-refractivity contribution in [1.29, 1.82) is 0 Å². The van der Waals surface area contributed by atoms with E-state index < -0.39 is 11.7 Å². The van der Waals surface area contributed by atoms with E-state index in [-0.39, 0.29) is 5.82 Å². The first kappa shape index (κ1) is 12.5. The summed E-state index contributed by atoms with van der Waals surface area (Å²) in [7, 11) is 0. The van der Waals surface area contributed by atoms with E-state index in [2.05, 4.69) is 0 Å². The van der Waals surface area contributed by atoms with Crippen molar-refractivity contribution >= 4 is 23.4 Å². The van der Waals surface area contributed by atoms with Crippen molar-refractivity contribution in [1.82, 2.24) is 0 Å². The number of carbonyl (C=O) groups is 2. The smallest absolute Gasteiger partial charge is 0.204 e. The average Bonchev–Trinajstić information content (AvgIpc) is 2.87. The molecule has 0 saturated heterocycles. The molecule has 0 N–H and O–H groups in total. The van der Waals surface area contributed by atoms with Crippen molar-refractivity contribution in [2.75, 3.05) is 11.4 Å². The van der Waals surface area contributed by atoms with Gasteiger partial charge in [0.15, 0.2) is 6.29 Å². The summed E-state index contributed by atoms with van der Waals surface area (Å²) in [6.07, 6.45) is 0.371. The van der Waals surface area contributed by atoms with E-state index in [9.17, 15) is 14.0 Å². The number of ketones is 1. The maximum Gasteiger partial charge on any atom is 0.204 e. The zero-order valence-corrected chi connectivity index (χ0v) is 10.6. The molecule has 2 aromatic carbocycles. The Labute approximate surface area is 115 Å². The van der Waals surface area contributed by atoms with Gasteiger partial charge in [-0.15, -0.1) is 0 Å². The van der Waals surface area contributed by atoms with Crippen molar-refractivity contribution < 1.29 is 14.0 Å². The van der Waals surface area contributed by atoms with Crippen LogP contribution in [-0.2, 0) is 9.59 Å². The molecule has 0 spiro atoms. The zero-order chi connectivity index (χ0) is 14.1. The third-order valence-corrected chi connectivity index (χ3v) is 3.57. The largest absolute Gasteiger partial charge is 0.340 e. The van der Waals surface area contributed by atoms with Gasteiger partial charge in [-0.2, -0.15) is 0 Å². The van der Waals surface area contributed by atoms with Crippen LogP contribution in [0.1, 0.15) is 11.5 Å². The lowest BCUT2D eigenvalue weighted by molar-refractivity contribution is -0.130. The summed E-state index contributed by atoms with van der Waals surface area (Å²) in [5.41, 5.74) is 2.54. The summed E-state index contributed by atoms with van der Waals surface area (Å²) in [5, 5.41) is 0. The summed E-state index contributed by atoms with van der Waals surface area (Å²) in [6.45, 7) is 0.405. The molecule has 0 bridgehead atoms. The highest BCUT2D eigenvalue weighted by Gasteiger charge is 2.33. The summed E-state index contributed by atoms with van der Waals surface area (Å²) in [5.74, 6) is -1.18. The lowest BCUT2D eigenvalue weighted by atomic mass is 9.98. The molecule has 1 aliphatic rings. The molecule has 1 unspecified atom stereocenters. The van der Waals surface area contributed by atoms with Crippen molar-refractivity contribution in [3.8, 4) is 0 Å². The fourth-order valence-corrected chi connectivity index (χ4v) is 2.60. The molecular weight excluding hydrogens is 257 g/mol. The number of hydrogen-bond donors (Lipinski definition) is 0. The summed E-state index contributed by atoms with van der Waals surface area (Å²) >= 11 is 0. The number of benzene rings is 2. The van der Waals surface area contributed by atoms with E-state index in [0.717, 1.165) is 16.9 Å². The van der Waals surface area contributed by atoms with Gasteiger partial charge in [-0.1, -0.05) is 18.2 Å². The van der Waals surface area contributed by atoms with Gasteiger partial charge in [0.25, 0.3) is 0 Å². The Morgan fingerprint density at radius 1 is 1.15 bits per heavy atom. The number of anilines is 2. The second-order valence-corrected chi connectivity index (χ2v) is 4.72.